The third-order valence-electron chi connectivity index (χ3n) is 5.32. The number of benzene rings is 1. The fraction of sp³-hybridized carbons (Fsp3) is 0.750. The van der Waals surface area contributed by atoms with Crippen molar-refractivity contribution in [1.82, 2.24) is 0 Å². The molecule has 1 aromatic carbocycles. The summed E-state index contributed by atoms with van der Waals surface area (Å²) in [5.74, 6) is 0. The monoisotopic (exact) mass is 408 g/mol. The van der Waals surface area contributed by atoms with Gasteiger partial charge >= 0.3 is 0 Å². The van der Waals surface area contributed by atoms with E-state index in [4.69, 9.17) is 0 Å². The van der Waals surface area contributed by atoms with Crippen LogP contribution >= 0.6 is 15.9 Å². The Bertz CT molecular complexity index is 426. The number of halogens is 1. The maximum absolute atomic E-state index is 3.66. The minimum Gasteiger partial charge on any atom is -0.0654 e. The molecule has 144 valence electrons. The normalized spacial score (nSPS) is 11.2. The van der Waals surface area contributed by atoms with E-state index >= 15 is 0 Å². The van der Waals surface area contributed by atoms with Gasteiger partial charge in [0.1, 0.15) is 0 Å². The first-order chi connectivity index (χ1) is 12.1. The van der Waals surface area contributed by atoms with Gasteiger partial charge in [-0.25, -0.2) is 0 Å². The highest BCUT2D eigenvalue weighted by atomic mass is 79.9. The molecule has 0 aromatic heterocycles. The van der Waals surface area contributed by atoms with Gasteiger partial charge in [0.15, 0.2) is 0 Å². The molecule has 0 atom stereocenters. The quantitative estimate of drug-likeness (QED) is 0.253. The topological polar surface area (TPSA) is 0 Å². The van der Waals surface area contributed by atoms with Crippen molar-refractivity contribution in [1.29, 1.82) is 0 Å². The molecule has 0 aliphatic heterocycles. The Hall–Kier alpha value is -0.300. The summed E-state index contributed by atoms with van der Waals surface area (Å²) in [6.07, 6.45) is 21.3. The average molecular weight is 409 g/mol. The molecule has 1 heteroatoms. The largest absolute Gasteiger partial charge is 0.0654 e. The van der Waals surface area contributed by atoms with Crippen molar-refractivity contribution in [3.05, 3.63) is 33.3 Å². The molecule has 0 amide bonds. The van der Waals surface area contributed by atoms with Gasteiger partial charge in [0, 0.05) is 4.47 Å². The molecule has 0 spiro atoms. The Morgan fingerprint density at radius 1 is 0.600 bits per heavy atom. The maximum atomic E-state index is 3.66. The van der Waals surface area contributed by atoms with Gasteiger partial charge in [0.05, 0.1) is 0 Å². The standard InChI is InChI=1S/C24H41Br/c1-4-5-6-7-8-9-10-11-12-13-14-15-16-17-18-23-19-21(2)24(25)22(3)20-23/h19-20H,4-18H2,1-3H3. The highest BCUT2D eigenvalue weighted by molar-refractivity contribution is 9.10. The first-order valence-corrected chi connectivity index (χ1v) is 11.7. The Labute approximate surface area is 166 Å². The van der Waals surface area contributed by atoms with E-state index in [2.05, 4.69) is 48.8 Å². The number of aryl methyl sites for hydroxylation is 3. The van der Waals surface area contributed by atoms with E-state index in [9.17, 15) is 0 Å². The lowest BCUT2D eigenvalue weighted by Gasteiger charge is -2.08. The van der Waals surface area contributed by atoms with Crippen molar-refractivity contribution in [2.24, 2.45) is 0 Å². The molecule has 0 saturated carbocycles. The molecule has 0 unspecified atom stereocenters. The van der Waals surface area contributed by atoms with Gasteiger partial charge in [-0.2, -0.15) is 0 Å². The molecular formula is C24H41Br. The van der Waals surface area contributed by atoms with E-state index in [1.807, 2.05) is 0 Å². The smallest absolute Gasteiger partial charge is 0.0233 e. The molecule has 0 bridgehead atoms. The fourth-order valence-corrected chi connectivity index (χ4v) is 3.93. The van der Waals surface area contributed by atoms with Crippen LogP contribution in [0.5, 0.6) is 0 Å². The van der Waals surface area contributed by atoms with Crippen LogP contribution in [0.15, 0.2) is 16.6 Å². The molecule has 0 radical (unpaired) electrons. The van der Waals surface area contributed by atoms with Crippen LogP contribution in [0, 0.1) is 13.8 Å². The molecular weight excluding hydrogens is 368 g/mol. The van der Waals surface area contributed by atoms with Gasteiger partial charge in [0.2, 0.25) is 0 Å². The molecule has 0 fully saturated rings. The Kier molecular flexibility index (Phi) is 13.5. The number of hydrogen-bond acceptors (Lipinski definition) is 0. The van der Waals surface area contributed by atoms with Crippen molar-refractivity contribution >= 4 is 15.9 Å². The molecule has 1 aromatic rings. The third-order valence-corrected chi connectivity index (χ3v) is 6.57. The van der Waals surface area contributed by atoms with E-state index in [1.54, 1.807) is 0 Å². The second kappa shape index (κ2) is 14.8. The molecule has 0 nitrogen and oxygen atoms in total. The first kappa shape index (κ1) is 22.7. The van der Waals surface area contributed by atoms with Crippen LogP contribution in [0.1, 0.15) is 114 Å². The summed E-state index contributed by atoms with van der Waals surface area (Å²) in [6.45, 7) is 6.69. The molecule has 0 aliphatic rings. The van der Waals surface area contributed by atoms with Crippen LogP contribution in [0.3, 0.4) is 0 Å². The minimum absolute atomic E-state index is 1.24. The average Bonchev–Trinajstić information content (AvgIpc) is 2.60. The van der Waals surface area contributed by atoms with Gasteiger partial charge in [-0.1, -0.05) is 118 Å². The molecule has 0 heterocycles. The van der Waals surface area contributed by atoms with E-state index < -0.39 is 0 Å². The van der Waals surface area contributed by atoms with Crippen molar-refractivity contribution in [2.45, 2.75) is 117 Å². The van der Waals surface area contributed by atoms with Gasteiger partial charge in [0.25, 0.3) is 0 Å². The van der Waals surface area contributed by atoms with E-state index in [-0.39, 0.29) is 0 Å². The Morgan fingerprint density at radius 3 is 1.36 bits per heavy atom. The molecule has 25 heavy (non-hydrogen) atoms. The minimum atomic E-state index is 1.24. The van der Waals surface area contributed by atoms with Crippen molar-refractivity contribution in [3.63, 3.8) is 0 Å². The van der Waals surface area contributed by atoms with Crippen molar-refractivity contribution in [2.75, 3.05) is 0 Å². The van der Waals surface area contributed by atoms with Crippen LogP contribution in [-0.4, -0.2) is 0 Å². The predicted molar refractivity (Wildman–Crippen MR) is 118 cm³/mol. The summed E-state index contributed by atoms with van der Waals surface area (Å²) in [5.41, 5.74) is 4.26. The zero-order valence-electron chi connectivity index (χ0n) is 17.1. The number of unbranched alkanes of at least 4 members (excludes halogenated alkanes) is 13. The molecule has 0 saturated heterocycles. The number of rotatable bonds is 15. The highest BCUT2D eigenvalue weighted by Gasteiger charge is 2.02. The fourth-order valence-electron chi connectivity index (χ4n) is 3.70. The van der Waals surface area contributed by atoms with Crippen molar-refractivity contribution in [3.8, 4) is 0 Å². The van der Waals surface area contributed by atoms with Crippen molar-refractivity contribution < 1.29 is 0 Å². The number of hydrogen-bond donors (Lipinski definition) is 0. The molecule has 1 rings (SSSR count). The predicted octanol–water partition coefficient (Wildman–Crippen LogP) is 9.09. The second-order valence-corrected chi connectivity index (χ2v) is 8.68. The summed E-state index contributed by atoms with van der Waals surface area (Å²) in [6, 6.07) is 4.69. The maximum Gasteiger partial charge on any atom is 0.0233 e. The molecule has 0 N–H and O–H groups in total. The summed E-state index contributed by atoms with van der Waals surface area (Å²) in [5, 5.41) is 0. The van der Waals surface area contributed by atoms with Gasteiger partial charge in [-0.05, 0) is 43.4 Å². The summed E-state index contributed by atoms with van der Waals surface area (Å²) in [7, 11) is 0. The Morgan fingerprint density at radius 2 is 0.960 bits per heavy atom. The van der Waals surface area contributed by atoms with Crippen LogP contribution in [0.4, 0.5) is 0 Å². The summed E-state index contributed by atoms with van der Waals surface area (Å²) in [4.78, 5) is 0. The van der Waals surface area contributed by atoms with E-state index in [0.29, 0.717) is 0 Å². The highest BCUT2D eigenvalue weighted by Crippen LogP contribution is 2.23. The lowest BCUT2D eigenvalue weighted by Crippen LogP contribution is -1.91. The molecule has 0 aliphatic carbocycles. The van der Waals surface area contributed by atoms with Crippen LogP contribution in [-0.2, 0) is 6.42 Å². The zero-order chi connectivity index (χ0) is 18.3. The Balaban J connectivity index is 1.89. The van der Waals surface area contributed by atoms with Crippen LogP contribution in [0.25, 0.3) is 0 Å². The van der Waals surface area contributed by atoms with Gasteiger partial charge in [-0.3, -0.25) is 0 Å². The van der Waals surface area contributed by atoms with Gasteiger partial charge in [-0.15, -0.1) is 0 Å². The second-order valence-electron chi connectivity index (χ2n) is 7.89. The SMILES string of the molecule is CCCCCCCCCCCCCCCCc1cc(C)c(Br)c(C)c1. The first-order valence-electron chi connectivity index (χ1n) is 10.9. The van der Waals surface area contributed by atoms with E-state index in [1.165, 1.54) is 117 Å². The van der Waals surface area contributed by atoms with E-state index in [0.717, 1.165) is 0 Å². The lowest BCUT2D eigenvalue weighted by atomic mass is 10.0. The van der Waals surface area contributed by atoms with Gasteiger partial charge < -0.3 is 0 Å². The summed E-state index contributed by atoms with van der Waals surface area (Å²) >= 11 is 3.66. The van der Waals surface area contributed by atoms with Crippen LogP contribution in [0.2, 0.25) is 0 Å². The zero-order valence-corrected chi connectivity index (χ0v) is 18.7. The summed E-state index contributed by atoms with van der Waals surface area (Å²) < 4.78 is 1.28. The van der Waals surface area contributed by atoms with Crippen LogP contribution < -0.4 is 0 Å². The third kappa shape index (κ3) is 11.1. The lowest BCUT2D eigenvalue weighted by molar-refractivity contribution is 0.535.